The number of amides is 2. The highest BCUT2D eigenvalue weighted by Gasteiger charge is 2.27. The summed E-state index contributed by atoms with van der Waals surface area (Å²) in [4.78, 5) is 25.9. The molecule has 1 aliphatic heterocycles. The molecule has 1 heterocycles. The van der Waals surface area contributed by atoms with Gasteiger partial charge in [-0.15, -0.1) is 0 Å². The minimum absolute atomic E-state index is 0.00781. The number of benzene rings is 2. The molecule has 3 rings (SSSR count). The average molecular weight is 384 g/mol. The normalized spacial score (nSPS) is 16.6. The first kappa shape index (κ1) is 19.7. The highest BCUT2D eigenvalue weighted by Crippen LogP contribution is 2.25. The van der Waals surface area contributed by atoms with E-state index in [9.17, 15) is 9.59 Å². The van der Waals surface area contributed by atoms with Crippen LogP contribution >= 0.6 is 0 Å². The first-order valence-electron chi connectivity index (χ1n) is 9.08. The van der Waals surface area contributed by atoms with Crippen LogP contribution in [0.25, 0.3) is 0 Å². The molecule has 148 valence electrons. The van der Waals surface area contributed by atoms with Gasteiger partial charge in [-0.05, 0) is 31.2 Å². The van der Waals surface area contributed by atoms with E-state index in [0.29, 0.717) is 24.6 Å². The second kappa shape index (κ2) is 9.23. The Labute approximate surface area is 164 Å². The summed E-state index contributed by atoms with van der Waals surface area (Å²) in [7, 11) is 1.55. The maximum Gasteiger partial charge on any atom is 0.258 e. The quantitative estimate of drug-likeness (QED) is 0.789. The van der Waals surface area contributed by atoms with Crippen LogP contribution in [0.2, 0.25) is 0 Å². The van der Waals surface area contributed by atoms with Crippen molar-refractivity contribution in [2.24, 2.45) is 0 Å². The summed E-state index contributed by atoms with van der Waals surface area (Å²) in [6, 6.07) is 14.9. The molecule has 2 amide bonds. The third-order valence-corrected chi connectivity index (χ3v) is 4.43. The number of hydrogen-bond donors (Lipinski definition) is 1. The molecule has 2 aromatic rings. The molecular formula is C21H24N2O5. The van der Waals surface area contributed by atoms with Crippen molar-refractivity contribution in [2.75, 3.05) is 38.3 Å². The summed E-state index contributed by atoms with van der Waals surface area (Å²) in [5.74, 6) is 0.711. The molecule has 0 radical (unpaired) electrons. The van der Waals surface area contributed by atoms with E-state index >= 15 is 0 Å². The van der Waals surface area contributed by atoms with Crippen LogP contribution in [0.15, 0.2) is 48.5 Å². The summed E-state index contributed by atoms with van der Waals surface area (Å²) in [6.45, 7) is 2.54. The van der Waals surface area contributed by atoms with Gasteiger partial charge in [0, 0.05) is 12.2 Å². The Morgan fingerprint density at radius 2 is 1.89 bits per heavy atom. The smallest absolute Gasteiger partial charge is 0.258 e. The molecule has 0 saturated carbocycles. The summed E-state index contributed by atoms with van der Waals surface area (Å²) < 4.78 is 16.2. The van der Waals surface area contributed by atoms with Gasteiger partial charge in [-0.2, -0.15) is 0 Å². The fraction of sp³-hybridized carbons (Fsp3) is 0.333. The minimum atomic E-state index is -0.283. The van der Waals surface area contributed by atoms with E-state index in [1.165, 1.54) is 0 Å². The Balaban J connectivity index is 1.49. The average Bonchev–Trinajstić information content (AvgIpc) is 2.72. The first-order chi connectivity index (χ1) is 13.6. The Hall–Kier alpha value is -3.06. The van der Waals surface area contributed by atoms with Crippen LogP contribution < -0.4 is 19.7 Å². The number of morpholine rings is 1. The molecule has 0 spiro atoms. The van der Waals surface area contributed by atoms with E-state index in [2.05, 4.69) is 5.32 Å². The molecular weight excluding hydrogens is 360 g/mol. The lowest BCUT2D eigenvalue weighted by molar-refractivity contribution is -0.130. The van der Waals surface area contributed by atoms with Crippen LogP contribution in [0.4, 0.5) is 5.69 Å². The van der Waals surface area contributed by atoms with Crippen molar-refractivity contribution >= 4 is 17.5 Å². The maximum absolute atomic E-state index is 12.2. The molecule has 0 aromatic heterocycles. The van der Waals surface area contributed by atoms with Crippen molar-refractivity contribution in [2.45, 2.75) is 13.0 Å². The van der Waals surface area contributed by atoms with Gasteiger partial charge in [-0.3, -0.25) is 9.59 Å². The van der Waals surface area contributed by atoms with Crippen molar-refractivity contribution in [3.63, 3.8) is 0 Å². The maximum atomic E-state index is 12.2. The zero-order valence-corrected chi connectivity index (χ0v) is 16.0. The van der Waals surface area contributed by atoms with E-state index in [0.717, 1.165) is 11.3 Å². The summed E-state index contributed by atoms with van der Waals surface area (Å²) in [6.07, 6.45) is -0.283. The number of carbonyl (C=O) groups is 2. The third-order valence-electron chi connectivity index (χ3n) is 4.43. The molecule has 28 heavy (non-hydrogen) atoms. The molecule has 1 atom stereocenters. The van der Waals surface area contributed by atoms with Crippen molar-refractivity contribution in [3.8, 4) is 11.5 Å². The van der Waals surface area contributed by atoms with Gasteiger partial charge in [0.2, 0.25) is 0 Å². The van der Waals surface area contributed by atoms with Crippen LogP contribution in [-0.4, -0.2) is 51.3 Å². The minimum Gasteiger partial charge on any atom is -0.493 e. The van der Waals surface area contributed by atoms with Gasteiger partial charge in [0.05, 0.1) is 19.8 Å². The first-order valence-corrected chi connectivity index (χ1v) is 9.08. The summed E-state index contributed by atoms with van der Waals surface area (Å²) in [5.41, 5.74) is 1.96. The fourth-order valence-electron chi connectivity index (χ4n) is 2.88. The number of methoxy groups -OCH3 is 1. The Bertz CT molecular complexity index is 822. The molecule has 1 aliphatic rings. The number of nitrogens with zero attached hydrogens (tertiary/aromatic N) is 1. The number of carbonyl (C=O) groups excluding carboxylic acids is 2. The Morgan fingerprint density at radius 1 is 1.18 bits per heavy atom. The fourth-order valence-corrected chi connectivity index (χ4v) is 2.88. The third kappa shape index (κ3) is 5.01. The van der Waals surface area contributed by atoms with Crippen LogP contribution in [0.5, 0.6) is 11.5 Å². The van der Waals surface area contributed by atoms with E-state index in [4.69, 9.17) is 14.2 Å². The van der Waals surface area contributed by atoms with Gasteiger partial charge < -0.3 is 24.4 Å². The molecule has 1 N–H and O–H groups in total. The Kier molecular flexibility index (Phi) is 6.49. The molecule has 0 aliphatic carbocycles. The number of aryl methyl sites for hydroxylation is 1. The van der Waals surface area contributed by atoms with Crippen LogP contribution in [0, 0.1) is 6.92 Å². The molecule has 0 bridgehead atoms. The topological polar surface area (TPSA) is 77.1 Å². The summed E-state index contributed by atoms with van der Waals surface area (Å²) >= 11 is 0. The zero-order chi connectivity index (χ0) is 19.9. The molecule has 1 unspecified atom stereocenters. The van der Waals surface area contributed by atoms with E-state index in [-0.39, 0.29) is 31.1 Å². The van der Waals surface area contributed by atoms with Crippen LogP contribution in [0.3, 0.4) is 0 Å². The largest absolute Gasteiger partial charge is 0.493 e. The second-order valence-corrected chi connectivity index (χ2v) is 6.52. The van der Waals surface area contributed by atoms with Crippen molar-refractivity contribution in [3.05, 3.63) is 54.1 Å². The van der Waals surface area contributed by atoms with E-state index < -0.39 is 0 Å². The van der Waals surface area contributed by atoms with Gasteiger partial charge in [-0.25, -0.2) is 0 Å². The standard InChI is InChI=1S/C21H24N2O5/c1-15-7-9-16(10-8-15)23-12-17(27-14-21(23)25)11-22-20(24)13-28-19-6-4-3-5-18(19)26-2/h3-10,17H,11-14H2,1-2H3,(H,22,24). The van der Waals surface area contributed by atoms with E-state index in [1.54, 1.807) is 24.1 Å². The number of ether oxygens (including phenoxy) is 3. The lowest BCUT2D eigenvalue weighted by Gasteiger charge is -2.33. The molecule has 7 heteroatoms. The monoisotopic (exact) mass is 384 g/mol. The highest BCUT2D eigenvalue weighted by molar-refractivity contribution is 5.95. The predicted molar refractivity (Wildman–Crippen MR) is 105 cm³/mol. The second-order valence-electron chi connectivity index (χ2n) is 6.52. The highest BCUT2D eigenvalue weighted by atomic mass is 16.5. The van der Waals surface area contributed by atoms with Gasteiger partial charge in [0.15, 0.2) is 18.1 Å². The molecule has 1 fully saturated rings. The lowest BCUT2D eigenvalue weighted by atomic mass is 10.2. The predicted octanol–water partition coefficient (Wildman–Crippen LogP) is 1.93. The number of rotatable bonds is 7. The number of para-hydroxylation sites is 2. The van der Waals surface area contributed by atoms with Gasteiger partial charge >= 0.3 is 0 Å². The SMILES string of the molecule is COc1ccccc1OCC(=O)NCC1CN(c2ccc(C)cc2)C(=O)CO1. The number of anilines is 1. The van der Waals surface area contributed by atoms with Crippen LogP contribution in [0.1, 0.15) is 5.56 Å². The van der Waals surface area contributed by atoms with E-state index in [1.807, 2.05) is 43.3 Å². The van der Waals surface area contributed by atoms with Crippen LogP contribution in [-0.2, 0) is 14.3 Å². The zero-order valence-electron chi connectivity index (χ0n) is 16.0. The molecule has 1 saturated heterocycles. The van der Waals surface area contributed by atoms with Gasteiger partial charge in [0.1, 0.15) is 6.61 Å². The Morgan fingerprint density at radius 3 is 2.61 bits per heavy atom. The van der Waals surface area contributed by atoms with Gasteiger partial charge in [0.25, 0.3) is 11.8 Å². The molecule has 2 aromatic carbocycles. The molecule has 7 nitrogen and oxygen atoms in total. The lowest BCUT2D eigenvalue weighted by Crippen LogP contribution is -2.51. The van der Waals surface area contributed by atoms with Gasteiger partial charge in [-0.1, -0.05) is 29.8 Å². The van der Waals surface area contributed by atoms with Crippen molar-refractivity contribution < 1.29 is 23.8 Å². The summed E-state index contributed by atoms with van der Waals surface area (Å²) in [5, 5.41) is 2.79. The number of nitrogens with one attached hydrogen (secondary N) is 1. The van der Waals surface area contributed by atoms with Crippen molar-refractivity contribution in [1.29, 1.82) is 0 Å². The number of hydrogen-bond acceptors (Lipinski definition) is 5. The van der Waals surface area contributed by atoms with Crippen molar-refractivity contribution in [1.82, 2.24) is 5.32 Å².